The van der Waals surface area contributed by atoms with Crippen molar-refractivity contribution in [2.75, 3.05) is 0 Å². The first kappa shape index (κ1) is 19.2. The largest absolute Gasteiger partial charge is 0.488 e. The molecular weight excluding hydrogens is 371 g/mol. The van der Waals surface area contributed by atoms with Crippen molar-refractivity contribution in [3.05, 3.63) is 71.2 Å². The fourth-order valence-corrected chi connectivity index (χ4v) is 3.85. The maximum atomic E-state index is 13.1. The average molecular weight is 394 g/mol. The molecule has 150 valence electrons. The number of hydrogen-bond donors (Lipinski definition) is 1. The zero-order valence-electron chi connectivity index (χ0n) is 16.1. The second-order valence-electron chi connectivity index (χ2n) is 7.41. The summed E-state index contributed by atoms with van der Waals surface area (Å²) in [7, 11) is 0. The van der Waals surface area contributed by atoms with E-state index in [1.54, 1.807) is 24.3 Å². The first-order chi connectivity index (χ1) is 14.1. The van der Waals surface area contributed by atoms with E-state index in [4.69, 9.17) is 4.74 Å². The van der Waals surface area contributed by atoms with Gasteiger partial charge in [-0.2, -0.15) is 0 Å². The average Bonchev–Trinajstić information content (AvgIpc) is 3.02. The fourth-order valence-electron chi connectivity index (χ4n) is 3.85. The second kappa shape index (κ2) is 8.47. The molecule has 5 nitrogen and oxygen atoms in total. The molecule has 2 aromatic rings. The molecule has 1 aliphatic carbocycles. The zero-order chi connectivity index (χ0) is 20.2. The normalized spacial score (nSPS) is 18.9. The summed E-state index contributed by atoms with van der Waals surface area (Å²) in [6.07, 6.45) is 6.62. The van der Waals surface area contributed by atoms with Crippen LogP contribution in [-0.4, -0.2) is 22.9 Å². The number of nitrogens with one attached hydrogen (secondary N) is 1. The van der Waals surface area contributed by atoms with Crippen LogP contribution in [0.3, 0.4) is 0 Å². The fraction of sp³-hybridized carbons (Fsp3) is 0.304. The minimum absolute atomic E-state index is 0.0212. The molecular formula is C23H23FN2O3. The molecule has 4 rings (SSSR count). The first-order valence-corrected chi connectivity index (χ1v) is 9.94. The van der Waals surface area contributed by atoms with Crippen LogP contribution in [0.1, 0.15) is 43.2 Å². The summed E-state index contributed by atoms with van der Waals surface area (Å²) in [6, 6.07) is 13.1. The molecule has 1 aliphatic heterocycles. The van der Waals surface area contributed by atoms with Gasteiger partial charge in [0, 0.05) is 11.6 Å². The van der Waals surface area contributed by atoms with Crippen LogP contribution in [-0.2, 0) is 11.4 Å². The van der Waals surface area contributed by atoms with Crippen LogP contribution in [0.4, 0.5) is 9.18 Å². The van der Waals surface area contributed by atoms with E-state index in [1.165, 1.54) is 17.0 Å². The molecule has 0 atom stereocenters. The van der Waals surface area contributed by atoms with Gasteiger partial charge in [0.2, 0.25) is 0 Å². The lowest BCUT2D eigenvalue weighted by Gasteiger charge is -2.28. The molecule has 0 radical (unpaired) electrons. The zero-order valence-corrected chi connectivity index (χ0v) is 16.1. The highest BCUT2D eigenvalue weighted by Crippen LogP contribution is 2.28. The number of para-hydroxylation sites is 1. The van der Waals surface area contributed by atoms with Gasteiger partial charge in [0.15, 0.2) is 0 Å². The van der Waals surface area contributed by atoms with Crippen LogP contribution in [0.5, 0.6) is 5.75 Å². The van der Waals surface area contributed by atoms with Crippen molar-refractivity contribution in [2.24, 2.45) is 0 Å². The lowest BCUT2D eigenvalue weighted by molar-refractivity contribution is -0.124. The highest BCUT2D eigenvalue weighted by atomic mass is 19.1. The van der Waals surface area contributed by atoms with E-state index >= 15 is 0 Å². The number of imide groups is 1. The quantitative estimate of drug-likeness (QED) is 0.594. The van der Waals surface area contributed by atoms with Crippen LogP contribution in [0.2, 0.25) is 0 Å². The third kappa shape index (κ3) is 4.31. The summed E-state index contributed by atoms with van der Waals surface area (Å²) in [4.78, 5) is 26.6. The highest BCUT2D eigenvalue weighted by Gasteiger charge is 2.39. The Balaban J connectivity index is 1.51. The summed E-state index contributed by atoms with van der Waals surface area (Å²) in [5.74, 6) is 0.00891. The third-order valence-electron chi connectivity index (χ3n) is 5.38. The molecule has 2 aromatic carbocycles. The van der Waals surface area contributed by atoms with Crippen molar-refractivity contribution in [2.45, 2.75) is 44.8 Å². The van der Waals surface area contributed by atoms with E-state index in [1.807, 2.05) is 18.2 Å². The SMILES string of the molecule is O=C1N/C(=C\c2ccccc2OCc2ccc(F)cc2)C(=O)N1C1CCCCC1. The second-order valence-corrected chi connectivity index (χ2v) is 7.41. The van der Waals surface area contributed by atoms with Crippen LogP contribution in [0.15, 0.2) is 54.2 Å². The smallest absolute Gasteiger partial charge is 0.329 e. The van der Waals surface area contributed by atoms with Crippen LogP contribution < -0.4 is 10.1 Å². The Kier molecular flexibility index (Phi) is 5.60. The molecule has 1 saturated heterocycles. The summed E-state index contributed by atoms with van der Waals surface area (Å²) in [5.41, 5.74) is 1.80. The summed E-state index contributed by atoms with van der Waals surface area (Å²) < 4.78 is 18.9. The molecule has 2 fully saturated rings. The van der Waals surface area contributed by atoms with Crippen LogP contribution >= 0.6 is 0 Å². The van der Waals surface area contributed by atoms with Gasteiger partial charge in [0.05, 0.1) is 0 Å². The maximum absolute atomic E-state index is 13.1. The van der Waals surface area contributed by atoms with Crippen molar-refractivity contribution in [3.63, 3.8) is 0 Å². The Bertz CT molecular complexity index is 933. The van der Waals surface area contributed by atoms with Crippen molar-refractivity contribution < 1.29 is 18.7 Å². The van der Waals surface area contributed by atoms with Crippen molar-refractivity contribution >= 4 is 18.0 Å². The predicted octanol–water partition coefficient (Wildman–Crippen LogP) is 4.63. The van der Waals surface area contributed by atoms with E-state index in [9.17, 15) is 14.0 Å². The highest BCUT2D eigenvalue weighted by molar-refractivity contribution is 6.14. The van der Waals surface area contributed by atoms with Gasteiger partial charge in [-0.3, -0.25) is 9.69 Å². The molecule has 29 heavy (non-hydrogen) atoms. The van der Waals surface area contributed by atoms with Crippen LogP contribution in [0.25, 0.3) is 6.08 Å². The molecule has 2 aliphatic rings. The molecule has 0 bridgehead atoms. The van der Waals surface area contributed by atoms with Gasteiger partial charge in [0.1, 0.15) is 23.9 Å². The third-order valence-corrected chi connectivity index (χ3v) is 5.38. The van der Waals surface area contributed by atoms with E-state index in [0.717, 1.165) is 37.7 Å². The topological polar surface area (TPSA) is 58.6 Å². The minimum Gasteiger partial charge on any atom is -0.488 e. The van der Waals surface area contributed by atoms with Crippen molar-refractivity contribution in [1.29, 1.82) is 0 Å². The molecule has 0 unspecified atom stereocenters. The first-order valence-electron chi connectivity index (χ1n) is 9.94. The molecule has 3 amide bonds. The number of rotatable bonds is 5. The monoisotopic (exact) mass is 394 g/mol. The number of hydrogen-bond acceptors (Lipinski definition) is 3. The Labute approximate surface area is 169 Å². The number of amides is 3. The molecule has 1 heterocycles. The summed E-state index contributed by atoms with van der Waals surface area (Å²) in [6.45, 7) is 0.273. The van der Waals surface area contributed by atoms with E-state index in [0.29, 0.717) is 11.3 Å². The maximum Gasteiger partial charge on any atom is 0.329 e. The lowest BCUT2D eigenvalue weighted by atomic mass is 9.94. The lowest BCUT2D eigenvalue weighted by Crippen LogP contribution is -2.41. The Morgan fingerprint density at radius 3 is 2.52 bits per heavy atom. The molecule has 0 spiro atoms. The van der Waals surface area contributed by atoms with Crippen molar-refractivity contribution in [3.8, 4) is 5.75 Å². The van der Waals surface area contributed by atoms with Crippen molar-refractivity contribution in [1.82, 2.24) is 10.2 Å². The standard InChI is InChI=1S/C23H23FN2O3/c24-18-12-10-16(11-13-18)15-29-21-9-5-4-6-17(21)14-20-22(27)26(23(28)25-20)19-7-2-1-3-8-19/h4-6,9-14,19H,1-3,7-8,15H2,(H,25,28)/b20-14-. The number of carbonyl (C=O) groups excluding carboxylic acids is 2. The molecule has 1 N–H and O–H groups in total. The Morgan fingerprint density at radius 1 is 1.03 bits per heavy atom. The van der Waals surface area contributed by atoms with Gasteiger partial charge in [-0.1, -0.05) is 49.6 Å². The molecule has 0 aromatic heterocycles. The predicted molar refractivity (Wildman–Crippen MR) is 107 cm³/mol. The Morgan fingerprint density at radius 2 is 1.76 bits per heavy atom. The number of ether oxygens (including phenoxy) is 1. The van der Waals surface area contributed by atoms with Gasteiger partial charge in [-0.05, 0) is 42.7 Å². The van der Waals surface area contributed by atoms with Gasteiger partial charge in [0.25, 0.3) is 5.91 Å². The van der Waals surface area contributed by atoms with Gasteiger partial charge < -0.3 is 10.1 Å². The van der Waals surface area contributed by atoms with Gasteiger partial charge >= 0.3 is 6.03 Å². The Hall–Kier alpha value is -3.15. The summed E-state index contributed by atoms with van der Waals surface area (Å²) >= 11 is 0. The van der Waals surface area contributed by atoms with E-state index < -0.39 is 0 Å². The number of halogens is 1. The van der Waals surface area contributed by atoms with E-state index in [2.05, 4.69) is 5.32 Å². The van der Waals surface area contributed by atoms with E-state index in [-0.39, 0.29) is 36.1 Å². The number of nitrogens with zero attached hydrogens (tertiary/aromatic N) is 1. The minimum atomic E-state index is -0.349. The number of carbonyl (C=O) groups is 2. The van der Waals surface area contributed by atoms with Crippen LogP contribution in [0, 0.1) is 5.82 Å². The van der Waals surface area contributed by atoms with Gasteiger partial charge in [-0.25, -0.2) is 9.18 Å². The number of urea groups is 1. The number of benzene rings is 2. The van der Waals surface area contributed by atoms with Gasteiger partial charge in [-0.15, -0.1) is 0 Å². The summed E-state index contributed by atoms with van der Waals surface area (Å²) in [5, 5.41) is 2.71. The molecule has 6 heteroatoms. The molecule has 1 saturated carbocycles.